The van der Waals surface area contributed by atoms with Crippen LogP contribution in [0, 0.1) is 0 Å². The molecule has 0 bridgehead atoms. The molecule has 0 aliphatic heterocycles. The molecule has 0 aliphatic rings. The fourth-order valence-electron chi connectivity index (χ4n) is 1.90. The van der Waals surface area contributed by atoms with Crippen LogP contribution in [0.15, 0.2) is 54.6 Å². The lowest BCUT2D eigenvalue weighted by Gasteiger charge is -2.23. The zero-order chi connectivity index (χ0) is 12.1. The zero-order valence-electron chi connectivity index (χ0n) is 10.0. The van der Waals surface area contributed by atoms with Gasteiger partial charge < -0.3 is 10.0 Å². The molecule has 2 aromatic carbocycles. The topological polar surface area (TPSA) is 23.5 Å². The van der Waals surface area contributed by atoms with Gasteiger partial charge in [-0.15, -0.1) is 0 Å². The summed E-state index contributed by atoms with van der Waals surface area (Å²) in [5.74, 6) is 0.326. The summed E-state index contributed by atoms with van der Waals surface area (Å²) >= 11 is 0. The van der Waals surface area contributed by atoms with Crippen molar-refractivity contribution in [3.05, 3.63) is 60.2 Å². The van der Waals surface area contributed by atoms with E-state index in [1.807, 2.05) is 36.4 Å². The van der Waals surface area contributed by atoms with Gasteiger partial charge >= 0.3 is 0 Å². The van der Waals surface area contributed by atoms with Gasteiger partial charge in [0.25, 0.3) is 0 Å². The number of phenols is 1. The van der Waals surface area contributed by atoms with Gasteiger partial charge in [-0.05, 0) is 36.8 Å². The van der Waals surface area contributed by atoms with E-state index in [9.17, 15) is 5.11 Å². The van der Waals surface area contributed by atoms with Crippen LogP contribution in [0.3, 0.4) is 0 Å². The molecule has 2 nitrogen and oxygen atoms in total. The number of benzene rings is 2. The molecule has 0 unspecified atom stereocenters. The lowest BCUT2D eigenvalue weighted by Crippen LogP contribution is -2.21. The second-order valence-electron chi connectivity index (χ2n) is 4.02. The van der Waals surface area contributed by atoms with Crippen molar-refractivity contribution >= 4 is 5.69 Å². The fourth-order valence-corrected chi connectivity index (χ4v) is 1.90. The van der Waals surface area contributed by atoms with Gasteiger partial charge in [0.1, 0.15) is 5.75 Å². The second-order valence-corrected chi connectivity index (χ2v) is 4.02. The molecular weight excluding hydrogens is 210 g/mol. The van der Waals surface area contributed by atoms with E-state index in [0.717, 1.165) is 18.7 Å². The van der Waals surface area contributed by atoms with Crippen molar-refractivity contribution in [2.45, 2.75) is 13.5 Å². The Kier molecular flexibility index (Phi) is 3.66. The number of rotatable bonds is 4. The maximum absolute atomic E-state index is 9.45. The van der Waals surface area contributed by atoms with Crippen LogP contribution in [0.2, 0.25) is 0 Å². The molecule has 0 atom stereocenters. The van der Waals surface area contributed by atoms with E-state index in [1.165, 1.54) is 5.69 Å². The largest absolute Gasteiger partial charge is 0.508 e. The van der Waals surface area contributed by atoms with E-state index in [1.54, 1.807) is 6.07 Å². The lowest BCUT2D eigenvalue weighted by molar-refractivity contribution is 0.474. The Labute approximate surface area is 102 Å². The summed E-state index contributed by atoms with van der Waals surface area (Å²) < 4.78 is 0. The van der Waals surface area contributed by atoms with Gasteiger partial charge in [-0.3, -0.25) is 0 Å². The van der Waals surface area contributed by atoms with E-state index in [2.05, 4.69) is 24.0 Å². The van der Waals surface area contributed by atoms with Crippen LogP contribution in [0.1, 0.15) is 12.5 Å². The number of nitrogens with zero attached hydrogens (tertiary/aromatic N) is 1. The second kappa shape index (κ2) is 5.39. The Hall–Kier alpha value is -1.96. The molecule has 0 heterocycles. The normalized spacial score (nSPS) is 10.2. The molecule has 0 saturated heterocycles. The number of anilines is 1. The fraction of sp³-hybridized carbons (Fsp3) is 0.200. The van der Waals surface area contributed by atoms with Crippen LogP contribution in [0.25, 0.3) is 0 Å². The number of para-hydroxylation sites is 1. The highest BCUT2D eigenvalue weighted by Gasteiger charge is 2.04. The number of hydrogen-bond donors (Lipinski definition) is 1. The van der Waals surface area contributed by atoms with Crippen LogP contribution in [0.4, 0.5) is 5.69 Å². The summed E-state index contributed by atoms with van der Waals surface area (Å²) in [5.41, 5.74) is 2.33. The first-order valence-electron chi connectivity index (χ1n) is 5.87. The van der Waals surface area contributed by atoms with E-state index >= 15 is 0 Å². The van der Waals surface area contributed by atoms with Crippen molar-refractivity contribution < 1.29 is 5.11 Å². The van der Waals surface area contributed by atoms with Crippen molar-refractivity contribution in [2.75, 3.05) is 11.4 Å². The molecule has 17 heavy (non-hydrogen) atoms. The van der Waals surface area contributed by atoms with Crippen molar-refractivity contribution in [2.24, 2.45) is 0 Å². The summed E-state index contributed by atoms with van der Waals surface area (Å²) in [5, 5.41) is 9.45. The van der Waals surface area contributed by atoms with Crippen LogP contribution in [-0.4, -0.2) is 11.7 Å². The molecule has 2 rings (SSSR count). The minimum atomic E-state index is 0.326. The summed E-state index contributed by atoms with van der Waals surface area (Å²) in [6.45, 7) is 3.89. The van der Waals surface area contributed by atoms with Gasteiger partial charge in [0.15, 0.2) is 0 Å². The molecule has 1 N–H and O–H groups in total. The Morgan fingerprint density at radius 2 is 1.76 bits per heavy atom. The van der Waals surface area contributed by atoms with Crippen LogP contribution in [-0.2, 0) is 6.54 Å². The van der Waals surface area contributed by atoms with Gasteiger partial charge in [0.2, 0.25) is 0 Å². The zero-order valence-corrected chi connectivity index (χ0v) is 10.0. The highest BCUT2D eigenvalue weighted by atomic mass is 16.3. The van der Waals surface area contributed by atoms with Crippen molar-refractivity contribution in [3.63, 3.8) is 0 Å². The Morgan fingerprint density at radius 3 is 2.41 bits per heavy atom. The molecule has 2 heteroatoms. The third-order valence-corrected chi connectivity index (χ3v) is 2.79. The molecule has 0 radical (unpaired) electrons. The van der Waals surface area contributed by atoms with E-state index in [0.29, 0.717) is 5.75 Å². The van der Waals surface area contributed by atoms with Gasteiger partial charge in [0.05, 0.1) is 0 Å². The number of hydrogen-bond acceptors (Lipinski definition) is 2. The first kappa shape index (κ1) is 11.5. The van der Waals surface area contributed by atoms with Gasteiger partial charge in [-0.2, -0.15) is 0 Å². The first-order valence-corrected chi connectivity index (χ1v) is 5.87. The maximum atomic E-state index is 9.45. The van der Waals surface area contributed by atoms with Crippen molar-refractivity contribution in [1.82, 2.24) is 0 Å². The van der Waals surface area contributed by atoms with Crippen molar-refractivity contribution in [3.8, 4) is 5.75 Å². The molecule has 0 aromatic heterocycles. The van der Waals surface area contributed by atoms with Crippen molar-refractivity contribution in [1.29, 1.82) is 0 Å². The molecule has 2 aromatic rings. The Bertz CT molecular complexity index is 467. The summed E-state index contributed by atoms with van der Waals surface area (Å²) in [7, 11) is 0. The third-order valence-electron chi connectivity index (χ3n) is 2.79. The molecule has 0 fully saturated rings. The summed E-state index contributed by atoms with van der Waals surface area (Å²) in [4.78, 5) is 2.27. The molecular formula is C15H17NO. The monoisotopic (exact) mass is 227 g/mol. The lowest BCUT2D eigenvalue weighted by atomic mass is 10.2. The first-order chi connectivity index (χ1) is 8.29. The molecule has 0 saturated carbocycles. The van der Waals surface area contributed by atoms with Crippen LogP contribution >= 0.6 is 0 Å². The van der Waals surface area contributed by atoms with Gasteiger partial charge in [0, 0.05) is 18.8 Å². The van der Waals surface area contributed by atoms with E-state index in [-0.39, 0.29) is 0 Å². The standard InChI is InChI=1S/C15H17NO/c1-2-16(14-8-4-3-5-9-14)12-13-7-6-10-15(17)11-13/h3-11,17H,2,12H2,1H3. The van der Waals surface area contributed by atoms with Crippen LogP contribution in [0.5, 0.6) is 5.75 Å². The minimum Gasteiger partial charge on any atom is -0.508 e. The molecule has 88 valence electrons. The highest BCUT2D eigenvalue weighted by Crippen LogP contribution is 2.18. The average Bonchev–Trinajstić information content (AvgIpc) is 2.37. The highest BCUT2D eigenvalue weighted by molar-refractivity contribution is 5.46. The molecule has 0 aliphatic carbocycles. The van der Waals surface area contributed by atoms with E-state index < -0.39 is 0 Å². The predicted molar refractivity (Wildman–Crippen MR) is 71.3 cm³/mol. The average molecular weight is 227 g/mol. The Balaban J connectivity index is 2.16. The summed E-state index contributed by atoms with van der Waals surface area (Å²) in [6.07, 6.45) is 0. The third kappa shape index (κ3) is 3.00. The van der Waals surface area contributed by atoms with Crippen LogP contribution < -0.4 is 4.90 Å². The SMILES string of the molecule is CCN(Cc1cccc(O)c1)c1ccccc1. The Morgan fingerprint density at radius 1 is 1.00 bits per heavy atom. The van der Waals surface area contributed by atoms with E-state index in [4.69, 9.17) is 0 Å². The smallest absolute Gasteiger partial charge is 0.115 e. The number of aromatic hydroxyl groups is 1. The van der Waals surface area contributed by atoms with Gasteiger partial charge in [-0.25, -0.2) is 0 Å². The summed E-state index contributed by atoms with van der Waals surface area (Å²) in [6, 6.07) is 17.7. The maximum Gasteiger partial charge on any atom is 0.115 e. The molecule has 0 amide bonds. The van der Waals surface area contributed by atoms with Gasteiger partial charge in [-0.1, -0.05) is 30.3 Å². The molecule has 0 spiro atoms. The quantitative estimate of drug-likeness (QED) is 0.865. The number of phenolic OH excluding ortho intramolecular Hbond substituents is 1. The minimum absolute atomic E-state index is 0.326. The predicted octanol–water partition coefficient (Wildman–Crippen LogP) is 3.42.